The highest BCUT2D eigenvalue weighted by atomic mass is 35.5. The minimum atomic E-state index is -0.427. The van der Waals surface area contributed by atoms with Crippen LogP contribution in [0.1, 0.15) is 29.0 Å². The van der Waals surface area contributed by atoms with E-state index < -0.39 is 6.09 Å². The van der Waals surface area contributed by atoms with Crippen LogP contribution in [0.4, 0.5) is 10.5 Å². The summed E-state index contributed by atoms with van der Waals surface area (Å²) in [6.07, 6.45) is 5.46. The molecule has 1 aromatic heterocycles. The fourth-order valence-corrected chi connectivity index (χ4v) is 3.96. The van der Waals surface area contributed by atoms with Gasteiger partial charge in [-0.15, -0.1) is 0 Å². The molecule has 5 nitrogen and oxygen atoms in total. The van der Waals surface area contributed by atoms with E-state index in [1.165, 1.54) is 22.3 Å². The van der Waals surface area contributed by atoms with Gasteiger partial charge in [0.25, 0.3) is 0 Å². The van der Waals surface area contributed by atoms with Gasteiger partial charge in [-0.25, -0.2) is 9.78 Å². The van der Waals surface area contributed by atoms with E-state index >= 15 is 0 Å². The predicted molar refractivity (Wildman–Crippen MR) is 120 cm³/mol. The number of hydrogen-bond donors (Lipinski definition) is 2. The van der Waals surface area contributed by atoms with E-state index in [0.717, 1.165) is 0 Å². The smallest absolute Gasteiger partial charge is 0.407 e. The number of nitrogens with zero attached hydrogens (tertiary/aromatic N) is 1. The third kappa shape index (κ3) is 4.16. The number of hydrogen-bond acceptors (Lipinski definition) is 4. The molecule has 30 heavy (non-hydrogen) atoms. The van der Waals surface area contributed by atoms with Crippen molar-refractivity contribution < 1.29 is 9.53 Å². The second kappa shape index (κ2) is 9.01. The summed E-state index contributed by atoms with van der Waals surface area (Å²) in [4.78, 5) is 16.2. The summed E-state index contributed by atoms with van der Waals surface area (Å²) in [7, 11) is 0. The SMILES string of the molecule is Nc1ccnc(Cl)c1C=CCCNC(=O)OCC1c2ccccc2-c2ccccc21. The summed E-state index contributed by atoms with van der Waals surface area (Å²) < 4.78 is 5.52. The number of alkyl carbamates (subject to hydrolysis) is 1. The Hall–Kier alpha value is -3.31. The maximum atomic E-state index is 12.2. The molecule has 0 spiro atoms. The number of carbonyl (C=O) groups excluding carboxylic acids is 1. The highest BCUT2D eigenvalue weighted by Crippen LogP contribution is 2.44. The normalized spacial score (nSPS) is 12.6. The molecule has 2 aromatic carbocycles. The second-order valence-electron chi connectivity index (χ2n) is 7.05. The van der Waals surface area contributed by atoms with E-state index in [9.17, 15) is 4.79 Å². The topological polar surface area (TPSA) is 77.2 Å². The molecule has 3 aromatic rings. The minimum absolute atomic E-state index is 0.0544. The number of ether oxygens (including phenoxy) is 1. The molecule has 0 unspecified atom stereocenters. The number of benzene rings is 2. The monoisotopic (exact) mass is 419 g/mol. The van der Waals surface area contributed by atoms with Crippen LogP contribution >= 0.6 is 11.6 Å². The number of halogens is 1. The molecule has 152 valence electrons. The molecule has 0 saturated heterocycles. The highest BCUT2D eigenvalue weighted by molar-refractivity contribution is 6.31. The number of fused-ring (bicyclic) bond motifs is 3. The standard InChI is InChI=1S/C24H22ClN3O2/c25-23-20(22(26)12-14-27-23)11-5-6-13-28-24(29)30-15-21-18-9-3-1-7-16(18)17-8-2-4-10-19(17)21/h1-5,7-12,14,21H,6,13,15H2,(H2,26,27)(H,28,29). The molecule has 4 rings (SSSR count). The van der Waals surface area contributed by atoms with Gasteiger partial charge in [0.05, 0.1) is 0 Å². The Morgan fingerprint density at radius 3 is 2.43 bits per heavy atom. The van der Waals surface area contributed by atoms with Crippen molar-refractivity contribution in [3.05, 3.63) is 88.7 Å². The number of nitrogen functional groups attached to an aromatic ring is 1. The first kappa shape index (κ1) is 20.0. The quantitative estimate of drug-likeness (QED) is 0.422. The molecular formula is C24H22ClN3O2. The molecule has 0 atom stereocenters. The van der Waals surface area contributed by atoms with Crippen molar-refractivity contribution in [3.8, 4) is 11.1 Å². The zero-order valence-electron chi connectivity index (χ0n) is 16.3. The lowest BCUT2D eigenvalue weighted by Crippen LogP contribution is -2.26. The number of anilines is 1. The van der Waals surface area contributed by atoms with Crippen LogP contribution < -0.4 is 11.1 Å². The Morgan fingerprint density at radius 1 is 1.10 bits per heavy atom. The molecule has 3 N–H and O–H groups in total. The van der Waals surface area contributed by atoms with E-state index in [4.69, 9.17) is 22.1 Å². The maximum Gasteiger partial charge on any atom is 0.407 e. The Kier molecular flexibility index (Phi) is 6.00. The number of carbonyl (C=O) groups is 1. The lowest BCUT2D eigenvalue weighted by molar-refractivity contribution is 0.143. The Balaban J connectivity index is 1.29. The summed E-state index contributed by atoms with van der Waals surface area (Å²) in [5.74, 6) is 0.0544. The van der Waals surface area contributed by atoms with E-state index in [-0.39, 0.29) is 5.92 Å². The third-order valence-electron chi connectivity index (χ3n) is 5.18. The van der Waals surface area contributed by atoms with Gasteiger partial charge < -0.3 is 15.8 Å². The molecule has 0 saturated carbocycles. The molecule has 1 aliphatic rings. The van der Waals surface area contributed by atoms with E-state index in [2.05, 4.69) is 34.6 Å². The average molecular weight is 420 g/mol. The molecule has 0 radical (unpaired) electrons. The van der Waals surface area contributed by atoms with Crippen molar-refractivity contribution >= 4 is 29.5 Å². The van der Waals surface area contributed by atoms with Crippen LogP contribution in [0.5, 0.6) is 0 Å². The van der Waals surface area contributed by atoms with Crippen molar-refractivity contribution in [3.63, 3.8) is 0 Å². The number of rotatable bonds is 6. The van der Waals surface area contributed by atoms with Gasteiger partial charge in [-0.05, 0) is 34.7 Å². The number of amides is 1. The van der Waals surface area contributed by atoms with Gasteiger partial charge in [0.15, 0.2) is 0 Å². The number of nitrogens with one attached hydrogen (secondary N) is 1. The molecular weight excluding hydrogens is 398 g/mol. The third-order valence-corrected chi connectivity index (χ3v) is 5.48. The lowest BCUT2D eigenvalue weighted by atomic mass is 9.98. The summed E-state index contributed by atoms with van der Waals surface area (Å²) in [5.41, 5.74) is 11.9. The van der Waals surface area contributed by atoms with E-state index in [0.29, 0.717) is 36.0 Å². The van der Waals surface area contributed by atoms with Gasteiger partial charge >= 0.3 is 6.09 Å². The van der Waals surface area contributed by atoms with Gasteiger partial charge in [-0.1, -0.05) is 72.3 Å². The molecule has 1 aliphatic carbocycles. The molecule has 0 bridgehead atoms. The average Bonchev–Trinajstić information content (AvgIpc) is 3.08. The van der Waals surface area contributed by atoms with Crippen LogP contribution in [-0.2, 0) is 4.74 Å². The number of pyridine rings is 1. The first-order valence-corrected chi connectivity index (χ1v) is 10.2. The molecule has 0 fully saturated rings. The maximum absolute atomic E-state index is 12.2. The number of aromatic nitrogens is 1. The van der Waals surface area contributed by atoms with E-state index in [1.54, 1.807) is 12.3 Å². The van der Waals surface area contributed by atoms with Crippen molar-refractivity contribution in [1.29, 1.82) is 0 Å². The van der Waals surface area contributed by atoms with Crippen LogP contribution in [0, 0.1) is 0 Å². The summed E-state index contributed by atoms with van der Waals surface area (Å²) >= 11 is 6.04. The fraction of sp³-hybridized carbons (Fsp3) is 0.167. The van der Waals surface area contributed by atoms with Crippen LogP contribution in [0.2, 0.25) is 5.15 Å². The van der Waals surface area contributed by atoms with Gasteiger partial charge in [-0.3, -0.25) is 0 Å². The largest absolute Gasteiger partial charge is 0.449 e. The van der Waals surface area contributed by atoms with Crippen molar-refractivity contribution in [2.24, 2.45) is 0 Å². The van der Waals surface area contributed by atoms with Crippen molar-refractivity contribution in [2.75, 3.05) is 18.9 Å². The molecule has 0 aliphatic heterocycles. The Morgan fingerprint density at radius 2 is 1.77 bits per heavy atom. The second-order valence-corrected chi connectivity index (χ2v) is 7.41. The van der Waals surface area contributed by atoms with Crippen molar-refractivity contribution in [1.82, 2.24) is 10.3 Å². The first-order chi connectivity index (χ1) is 14.6. The fourth-order valence-electron chi connectivity index (χ4n) is 3.73. The summed E-state index contributed by atoms with van der Waals surface area (Å²) in [6.45, 7) is 0.752. The van der Waals surface area contributed by atoms with Crippen LogP contribution in [0.25, 0.3) is 17.2 Å². The number of nitrogens with two attached hydrogens (primary N) is 1. The Bertz CT molecular complexity index is 1030. The molecule has 6 heteroatoms. The van der Waals surface area contributed by atoms with Crippen LogP contribution in [0.3, 0.4) is 0 Å². The predicted octanol–water partition coefficient (Wildman–Crippen LogP) is 5.26. The van der Waals surface area contributed by atoms with Crippen LogP contribution in [0.15, 0.2) is 66.9 Å². The van der Waals surface area contributed by atoms with Gasteiger partial charge in [0.2, 0.25) is 0 Å². The highest BCUT2D eigenvalue weighted by Gasteiger charge is 2.28. The first-order valence-electron chi connectivity index (χ1n) is 9.80. The lowest BCUT2D eigenvalue weighted by Gasteiger charge is -2.14. The zero-order valence-corrected chi connectivity index (χ0v) is 17.1. The molecule has 1 heterocycles. The van der Waals surface area contributed by atoms with Gasteiger partial charge in [0, 0.05) is 29.9 Å². The minimum Gasteiger partial charge on any atom is -0.449 e. The van der Waals surface area contributed by atoms with E-state index in [1.807, 2.05) is 36.4 Å². The molecule has 1 amide bonds. The van der Waals surface area contributed by atoms with Crippen LogP contribution in [-0.4, -0.2) is 24.2 Å². The summed E-state index contributed by atoms with van der Waals surface area (Å²) in [6, 6.07) is 18.2. The summed E-state index contributed by atoms with van der Waals surface area (Å²) in [5, 5.41) is 3.13. The van der Waals surface area contributed by atoms with Gasteiger partial charge in [-0.2, -0.15) is 0 Å². The van der Waals surface area contributed by atoms with Gasteiger partial charge in [0.1, 0.15) is 11.8 Å². The van der Waals surface area contributed by atoms with Crippen molar-refractivity contribution in [2.45, 2.75) is 12.3 Å². The Labute approximate surface area is 180 Å². The zero-order chi connectivity index (χ0) is 20.9.